The number of para-hydroxylation sites is 1. The standard InChI is InChI=1S/C24H29N5OS/c1-2-22-25-19(17-31-22)16-27-11-13-29(14-12-27)24(30)20-15-18-7-3-4-8-21(18)26-23(20)28-9-5-6-10-28/h3-4,7-8,15,17H,2,5-6,9-14,16H2,1H3. The van der Waals surface area contributed by atoms with E-state index in [1.54, 1.807) is 11.3 Å². The van der Waals surface area contributed by atoms with Gasteiger partial charge in [-0.3, -0.25) is 9.69 Å². The van der Waals surface area contributed by atoms with Gasteiger partial charge in [0.2, 0.25) is 0 Å². The highest BCUT2D eigenvalue weighted by molar-refractivity contribution is 7.09. The van der Waals surface area contributed by atoms with E-state index in [-0.39, 0.29) is 5.91 Å². The van der Waals surface area contributed by atoms with Crippen molar-refractivity contribution in [3.63, 3.8) is 0 Å². The minimum absolute atomic E-state index is 0.113. The summed E-state index contributed by atoms with van der Waals surface area (Å²) in [5, 5.41) is 4.39. The summed E-state index contributed by atoms with van der Waals surface area (Å²) in [5.41, 5.74) is 2.86. The van der Waals surface area contributed by atoms with Crippen molar-refractivity contribution in [2.24, 2.45) is 0 Å². The molecule has 0 N–H and O–H groups in total. The molecule has 0 unspecified atom stereocenters. The highest BCUT2D eigenvalue weighted by atomic mass is 32.1. The highest BCUT2D eigenvalue weighted by Gasteiger charge is 2.28. The summed E-state index contributed by atoms with van der Waals surface area (Å²) < 4.78 is 0. The Hall–Kier alpha value is -2.51. The molecule has 2 aliphatic heterocycles. The number of piperazine rings is 1. The van der Waals surface area contributed by atoms with Crippen LogP contribution in [0, 0.1) is 0 Å². The van der Waals surface area contributed by atoms with E-state index in [1.807, 2.05) is 35.2 Å². The Balaban J connectivity index is 1.32. The van der Waals surface area contributed by atoms with Gasteiger partial charge in [-0.15, -0.1) is 11.3 Å². The number of aromatic nitrogens is 2. The maximum Gasteiger partial charge on any atom is 0.257 e. The molecule has 5 rings (SSSR count). The number of hydrogen-bond acceptors (Lipinski definition) is 6. The van der Waals surface area contributed by atoms with Crippen molar-refractivity contribution in [1.82, 2.24) is 19.8 Å². The van der Waals surface area contributed by atoms with Crippen LogP contribution in [-0.2, 0) is 13.0 Å². The van der Waals surface area contributed by atoms with E-state index in [4.69, 9.17) is 9.97 Å². The van der Waals surface area contributed by atoms with Gasteiger partial charge in [-0.25, -0.2) is 9.97 Å². The zero-order valence-corrected chi connectivity index (χ0v) is 18.9. The average molecular weight is 436 g/mol. The van der Waals surface area contributed by atoms with Crippen molar-refractivity contribution >= 4 is 34.0 Å². The predicted molar refractivity (Wildman–Crippen MR) is 126 cm³/mol. The minimum Gasteiger partial charge on any atom is -0.356 e. The molecule has 0 bridgehead atoms. The quantitative estimate of drug-likeness (QED) is 0.610. The van der Waals surface area contributed by atoms with Crippen LogP contribution in [0.15, 0.2) is 35.7 Å². The molecule has 2 saturated heterocycles. The third-order valence-electron chi connectivity index (χ3n) is 6.29. The number of benzene rings is 1. The molecule has 2 fully saturated rings. The molecular weight excluding hydrogens is 406 g/mol. The molecular formula is C24H29N5OS. The third kappa shape index (κ3) is 4.29. The fourth-order valence-corrected chi connectivity index (χ4v) is 5.26. The second kappa shape index (κ2) is 8.93. The second-order valence-corrected chi connectivity index (χ2v) is 9.34. The first kappa shape index (κ1) is 20.4. The number of nitrogens with zero attached hydrogens (tertiary/aromatic N) is 5. The van der Waals surface area contributed by atoms with Gasteiger partial charge in [-0.1, -0.05) is 25.1 Å². The summed E-state index contributed by atoms with van der Waals surface area (Å²) >= 11 is 1.74. The van der Waals surface area contributed by atoms with Crippen molar-refractivity contribution in [3.8, 4) is 0 Å². The van der Waals surface area contributed by atoms with Crippen molar-refractivity contribution < 1.29 is 4.79 Å². The topological polar surface area (TPSA) is 52.6 Å². The van der Waals surface area contributed by atoms with Crippen LogP contribution < -0.4 is 4.90 Å². The van der Waals surface area contributed by atoms with Crippen LogP contribution >= 0.6 is 11.3 Å². The van der Waals surface area contributed by atoms with Gasteiger partial charge in [0.25, 0.3) is 5.91 Å². The summed E-state index contributed by atoms with van der Waals surface area (Å²) in [6.45, 7) is 8.22. The summed E-state index contributed by atoms with van der Waals surface area (Å²) in [6, 6.07) is 10.1. The number of fused-ring (bicyclic) bond motifs is 1. The molecule has 0 saturated carbocycles. The molecule has 31 heavy (non-hydrogen) atoms. The number of hydrogen-bond donors (Lipinski definition) is 0. The molecule has 0 atom stereocenters. The number of pyridine rings is 1. The second-order valence-electron chi connectivity index (χ2n) is 8.40. The first-order valence-corrected chi connectivity index (χ1v) is 12.2. The summed E-state index contributed by atoms with van der Waals surface area (Å²) in [5.74, 6) is 0.972. The summed E-state index contributed by atoms with van der Waals surface area (Å²) in [7, 11) is 0. The lowest BCUT2D eigenvalue weighted by atomic mass is 10.1. The Morgan fingerprint density at radius 1 is 1.03 bits per heavy atom. The number of aryl methyl sites for hydroxylation is 1. The number of carbonyl (C=O) groups excluding carboxylic acids is 1. The molecule has 162 valence electrons. The molecule has 2 aliphatic rings. The Kier molecular flexibility index (Phi) is 5.87. The number of anilines is 1. The van der Waals surface area contributed by atoms with E-state index in [0.29, 0.717) is 0 Å². The lowest BCUT2D eigenvalue weighted by molar-refractivity contribution is 0.0627. The molecule has 1 aromatic carbocycles. The molecule has 4 heterocycles. The van der Waals surface area contributed by atoms with Gasteiger partial charge >= 0.3 is 0 Å². The molecule has 7 heteroatoms. The van der Waals surface area contributed by atoms with Crippen LogP contribution in [0.2, 0.25) is 0 Å². The molecule has 1 amide bonds. The average Bonchev–Trinajstić information content (AvgIpc) is 3.50. The van der Waals surface area contributed by atoms with Crippen LogP contribution in [-0.4, -0.2) is 64.9 Å². The summed E-state index contributed by atoms with van der Waals surface area (Å²) in [6.07, 6.45) is 3.32. The van der Waals surface area contributed by atoms with Crippen molar-refractivity contribution in [3.05, 3.63) is 52.0 Å². The van der Waals surface area contributed by atoms with Gasteiger partial charge < -0.3 is 9.80 Å². The van der Waals surface area contributed by atoms with Crippen LogP contribution in [0.5, 0.6) is 0 Å². The Labute approximate surface area is 187 Å². The predicted octanol–water partition coefficient (Wildman–Crippen LogP) is 3.81. The van der Waals surface area contributed by atoms with E-state index >= 15 is 0 Å². The molecule has 0 spiro atoms. The monoisotopic (exact) mass is 435 g/mol. The number of rotatable bonds is 5. The number of thiazole rings is 1. The Morgan fingerprint density at radius 3 is 2.55 bits per heavy atom. The van der Waals surface area contributed by atoms with Crippen molar-refractivity contribution in [2.45, 2.75) is 32.7 Å². The highest BCUT2D eigenvalue weighted by Crippen LogP contribution is 2.28. The van der Waals surface area contributed by atoms with Gasteiger partial charge in [-0.05, 0) is 31.4 Å². The van der Waals surface area contributed by atoms with E-state index < -0.39 is 0 Å². The minimum atomic E-state index is 0.113. The van der Waals surface area contributed by atoms with Gasteiger partial charge in [-0.2, -0.15) is 0 Å². The zero-order valence-electron chi connectivity index (χ0n) is 18.1. The maximum atomic E-state index is 13.6. The lowest BCUT2D eigenvalue weighted by Crippen LogP contribution is -2.48. The fourth-order valence-electron chi connectivity index (χ4n) is 4.53. The Bertz CT molecular complexity index is 1070. The SMILES string of the molecule is CCc1nc(CN2CCN(C(=O)c3cc4ccccc4nc3N3CCCC3)CC2)cs1. The normalized spacial score (nSPS) is 17.6. The van der Waals surface area contributed by atoms with E-state index in [2.05, 4.69) is 22.1 Å². The Morgan fingerprint density at radius 2 is 1.81 bits per heavy atom. The molecule has 2 aromatic heterocycles. The van der Waals surface area contributed by atoms with Gasteiger partial charge in [0.05, 0.1) is 21.8 Å². The van der Waals surface area contributed by atoms with Gasteiger partial charge in [0.1, 0.15) is 5.82 Å². The number of carbonyl (C=O) groups is 1. The van der Waals surface area contributed by atoms with Crippen LogP contribution in [0.25, 0.3) is 10.9 Å². The smallest absolute Gasteiger partial charge is 0.257 e. The molecule has 6 nitrogen and oxygen atoms in total. The van der Waals surface area contributed by atoms with E-state index in [0.717, 1.165) is 93.1 Å². The molecule has 0 aliphatic carbocycles. The summed E-state index contributed by atoms with van der Waals surface area (Å²) in [4.78, 5) is 29.8. The van der Waals surface area contributed by atoms with Crippen molar-refractivity contribution in [1.29, 1.82) is 0 Å². The largest absolute Gasteiger partial charge is 0.356 e. The molecule has 3 aromatic rings. The third-order valence-corrected chi connectivity index (χ3v) is 7.33. The van der Waals surface area contributed by atoms with E-state index in [1.165, 1.54) is 5.01 Å². The van der Waals surface area contributed by atoms with E-state index in [9.17, 15) is 4.79 Å². The fraction of sp³-hybridized carbons (Fsp3) is 0.458. The zero-order chi connectivity index (χ0) is 21.2. The van der Waals surface area contributed by atoms with Crippen molar-refractivity contribution in [2.75, 3.05) is 44.2 Å². The first-order chi connectivity index (χ1) is 15.2. The van der Waals surface area contributed by atoms with Gasteiger partial charge in [0.15, 0.2) is 0 Å². The van der Waals surface area contributed by atoms with Gasteiger partial charge in [0, 0.05) is 56.6 Å². The van der Waals surface area contributed by atoms with Crippen LogP contribution in [0.3, 0.4) is 0 Å². The first-order valence-electron chi connectivity index (χ1n) is 11.3. The number of amides is 1. The van der Waals surface area contributed by atoms with Crippen LogP contribution in [0.1, 0.15) is 40.8 Å². The molecule has 0 radical (unpaired) electrons. The lowest BCUT2D eigenvalue weighted by Gasteiger charge is -2.35. The van der Waals surface area contributed by atoms with Crippen LogP contribution in [0.4, 0.5) is 5.82 Å². The maximum absolute atomic E-state index is 13.6.